The summed E-state index contributed by atoms with van der Waals surface area (Å²) in [6, 6.07) is 11.4. The summed E-state index contributed by atoms with van der Waals surface area (Å²) in [7, 11) is 0. The summed E-state index contributed by atoms with van der Waals surface area (Å²) in [4.78, 5) is 14.0. The lowest BCUT2D eigenvalue weighted by atomic mass is 9.85. The molecule has 3 N–H and O–H groups in total. The van der Waals surface area contributed by atoms with E-state index in [1.807, 2.05) is 30.3 Å². The van der Waals surface area contributed by atoms with Crippen molar-refractivity contribution in [2.75, 3.05) is 18.4 Å². The molecule has 32 heavy (non-hydrogen) atoms. The van der Waals surface area contributed by atoms with Crippen LogP contribution in [-0.2, 0) is 11.2 Å². The summed E-state index contributed by atoms with van der Waals surface area (Å²) in [6.45, 7) is 5.51. The first-order valence-electron chi connectivity index (χ1n) is 11.3. The first-order valence-corrected chi connectivity index (χ1v) is 12.1. The number of piperidine rings is 1. The molecule has 2 aromatic carbocycles. The molecule has 1 amide bonds. The van der Waals surface area contributed by atoms with Crippen molar-refractivity contribution in [2.24, 2.45) is 5.73 Å². The van der Waals surface area contributed by atoms with Gasteiger partial charge in [0.15, 0.2) is 0 Å². The Morgan fingerprint density at radius 3 is 2.88 bits per heavy atom. The third-order valence-corrected chi connectivity index (χ3v) is 7.09. The highest BCUT2D eigenvalue weighted by atomic mass is 35.5. The molecule has 4 rings (SSSR count). The Hall–Kier alpha value is -1.79. The fraction of sp³-hybridized carbons (Fsp3) is 0.480. The van der Waals surface area contributed by atoms with Gasteiger partial charge in [-0.2, -0.15) is 0 Å². The zero-order valence-electron chi connectivity index (χ0n) is 18.7. The molecule has 1 saturated heterocycles. The summed E-state index contributed by atoms with van der Waals surface area (Å²) >= 11 is 13.0. The second kappa shape index (κ2) is 9.60. The van der Waals surface area contributed by atoms with Crippen LogP contribution in [0.2, 0.25) is 10.0 Å². The topological polar surface area (TPSA) is 67.6 Å². The Morgan fingerprint density at radius 1 is 1.31 bits per heavy atom. The van der Waals surface area contributed by atoms with Crippen molar-refractivity contribution in [1.82, 2.24) is 4.90 Å². The Morgan fingerprint density at radius 2 is 2.12 bits per heavy atom. The highest BCUT2D eigenvalue weighted by molar-refractivity contribution is 6.35. The molecule has 2 aliphatic rings. The van der Waals surface area contributed by atoms with Crippen molar-refractivity contribution in [1.29, 1.82) is 0 Å². The molecule has 2 aromatic rings. The monoisotopic (exact) mass is 475 g/mol. The summed E-state index contributed by atoms with van der Waals surface area (Å²) in [5.74, 6) is 0.577. The third kappa shape index (κ3) is 5.07. The van der Waals surface area contributed by atoms with E-state index < -0.39 is 0 Å². The summed E-state index contributed by atoms with van der Waals surface area (Å²) < 4.78 is 6.58. The van der Waals surface area contributed by atoms with Crippen LogP contribution in [0.25, 0.3) is 0 Å². The van der Waals surface area contributed by atoms with Crippen LogP contribution < -0.4 is 15.8 Å². The lowest BCUT2D eigenvalue weighted by molar-refractivity contribution is -0.114. The Labute approximate surface area is 200 Å². The van der Waals surface area contributed by atoms with Gasteiger partial charge < -0.3 is 15.8 Å². The molecular formula is C25H31Cl2N3O2. The minimum absolute atomic E-state index is 0.116. The van der Waals surface area contributed by atoms with Crippen LogP contribution in [-0.4, -0.2) is 35.5 Å². The van der Waals surface area contributed by atoms with Gasteiger partial charge in [0.1, 0.15) is 11.9 Å². The maximum Gasteiger partial charge on any atom is 0.221 e. The number of halogens is 2. The maximum atomic E-state index is 11.5. The fourth-order valence-electron chi connectivity index (χ4n) is 5.26. The number of likely N-dealkylation sites (tertiary alicyclic amines) is 1. The van der Waals surface area contributed by atoms with Crippen LogP contribution in [0.3, 0.4) is 0 Å². The van der Waals surface area contributed by atoms with Crippen LogP contribution in [0.1, 0.15) is 56.8 Å². The first-order chi connectivity index (χ1) is 15.3. The van der Waals surface area contributed by atoms with Crippen molar-refractivity contribution in [2.45, 2.75) is 63.6 Å². The van der Waals surface area contributed by atoms with Gasteiger partial charge in [0.25, 0.3) is 0 Å². The molecule has 1 aliphatic carbocycles. The van der Waals surface area contributed by atoms with E-state index in [0.717, 1.165) is 56.3 Å². The van der Waals surface area contributed by atoms with Crippen LogP contribution in [0.4, 0.5) is 5.69 Å². The van der Waals surface area contributed by atoms with E-state index in [-0.39, 0.29) is 23.6 Å². The number of hydrogen-bond acceptors (Lipinski definition) is 4. The molecule has 0 aromatic heterocycles. The van der Waals surface area contributed by atoms with Crippen molar-refractivity contribution in [3.8, 4) is 5.75 Å². The smallest absolute Gasteiger partial charge is 0.221 e. The molecule has 172 valence electrons. The van der Waals surface area contributed by atoms with E-state index in [0.29, 0.717) is 21.5 Å². The predicted octanol–water partition coefficient (Wildman–Crippen LogP) is 5.59. The number of carbonyl (C=O) groups is 1. The van der Waals surface area contributed by atoms with Crippen LogP contribution in [0, 0.1) is 0 Å². The van der Waals surface area contributed by atoms with Gasteiger partial charge in [0.05, 0.1) is 6.04 Å². The molecule has 1 heterocycles. The first kappa shape index (κ1) is 23.4. The van der Waals surface area contributed by atoms with Gasteiger partial charge in [-0.15, -0.1) is 0 Å². The Balaban J connectivity index is 1.66. The molecule has 7 heteroatoms. The standard InChI is InChI=1S/C25H31Cl2N3O2/c1-3-8-25(28)9-5-10-30(15-25)23-14-20-21(11-17(26)12-22(20)27)24(23)32-19-7-4-6-18(13-19)29-16(2)31/h4,6-7,11-13,23-24H,3,5,8-10,14-15,28H2,1-2H3,(H,29,31)/t23-,24+,25?/m1/s1. The number of carbonyl (C=O) groups excluding carboxylic acids is 1. The largest absolute Gasteiger partial charge is 0.484 e. The highest BCUT2D eigenvalue weighted by Gasteiger charge is 2.43. The number of nitrogens with two attached hydrogens (primary N) is 1. The molecule has 0 saturated carbocycles. The lowest BCUT2D eigenvalue weighted by Gasteiger charge is -2.44. The number of nitrogens with zero attached hydrogens (tertiary/aromatic N) is 1. The van der Waals surface area contributed by atoms with Gasteiger partial charge >= 0.3 is 0 Å². The lowest BCUT2D eigenvalue weighted by Crippen LogP contribution is -2.57. The number of fused-ring (bicyclic) bond motifs is 1. The molecule has 1 unspecified atom stereocenters. The molecule has 3 atom stereocenters. The normalized spacial score (nSPS) is 25.4. The molecule has 0 radical (unpaired) electrons. The maximum absolute atomic E-state index is 11.5. The number of benzene rings is 2. The minimum atomic E-state index is -0.224. The minimum Gasteiger partial charge on any atom is -0.484 e. The zero-order chi connectivity index (χ0) is 22.9. The Bertz CT molecular complexity index is 995. The molecular weight excluding hydrogens is 445 g/mol. The van der Waals surface area contributed by atoms with Gasteiger partial charge in [0.2, 0.25) is 5.91 Å². The number of rotatable bonds is 6. The van der Waals surface area contributed by atoms with E-state index in [2.05, 4.69) is 17.1 Å². The number of nitrogens with one attached hydrogen (secondary N) is 1. The summed E-state index contributed by atoms with van der Waals surface area (Å²) in [5.41, 5.74) is 9.44. The molecule has 0 bridgehead atoms. The van der Waals surface area contributed by atoms with E-state index >= 15 is 0 Å². The average Bonchev–Trinajstić information content (AvgIpc) is 3.06. The van der Waals surface area contributed by atoms with Gasteiger partial charge in [0, 0.05) is 46.4 Å². The second-order valence-electron chi connectivity index (χ2n) is 9.16. The second-order valence-corrected chi connectivity index (χ2v) is 10.0. The van der Waals surface area contributed by atoms with E-state index in [1.165, 1.54) is 6.92 Å². The van der Waals surface area contributed by atoms with Crippen molar-refractivity contribution in [3.05, 3.63) is 57.6 Å². The van der Waals surface area contributed by atoms with Crippen LogP contribution >= 0.6 is 23.2 Å². The number of ether oxygens (including phenoxy) is 1. The zero-order valence-corrected chi connectivity index (χ0v) is 20.2. The third-order valence-electron chi connectivity index (χ3n) is 6.54. The predicted molar refractivity (Wildman–Crippen MR) is 131 cm³/mol. The fourth-order valence-corrected chi connectivity index (χ4v) is 5.84. The van der Waals surface area contributed by atoms with Crippen molar-refractivity contribution in [3.63, 3.8) is 0 Å². The molecule has 0 spiro atoms. The molecule has 5 nitrogen and oxygen atoms in total. The number of amides is 1. The molecule has 1 fully saturated rings. The molecule has 1 aliphatic heterocycles. The van der Waals surface area contributed by atoms with Crippen molar-refractivity contribution >= 4 is 34.8 Å². The van der Waals surface area contributed by atoms with Gasteiger partial charge in [-0.3, -0.25) is 9.69 Å². The van der Waals surface area contributed by atoms with Crippen LogP contribution in [0.15, 0.2) is 36.4 Å². The SMILES string of the molecule is CCCC1(N)CCCN([C@@H]2Cc3c(Cl)cc(Cl)cc3[C@@H]2Oc2cccc(NC(C)=O)c2)C1. The average molecular weight is 476 g/mol. The highest BCUT2D eigenvalue weighted by Crippen LogP contribution is 2.44. The summed E-state index contributed by atoms with van der Waals surface area (Å²) in [5, 5.41) is 4.10. The van der Waals surface area contributed by atoms with E-state index in [1.54, 1.807) is 6.07 Å². The summed E-state index contributed by atoms with van der Waals surface area (Å²) in [6.07, 6.45) is 4.78. The van der Waals surface area contributed by atoms with Gasteiger partial charge in [-0.1, -0.05) is 42.6 Å². The quantitative estimate of drug-likeness (QED) is 0.571. The number of anilines is 1. The Kier molecular flexibility index (Phi) is 7.01. The van der Waals surface area contributed by atoms with Crippen LogP contribution in [0.5, 0.6) is 5.75 Å². The van der Waals surface area contributed by atoms with Gasteiger partial charge in [-0.05, 0) is 62.1 Å². The van der Waals surface area contributed by atoms with Gasteiger partial charge in [-0.25, -0.2) is 0 Å². The van der Waals surface area contributed by atoms with Crippen molar-refractivity contribution < 1.29 is 9.53 Å². The number of hydrogen-bond donors (Lipinski definition) is 2. The van der Waals surface area contributed by atoms with E-state index in [4.69, 9.17) is 33.7 Å². The van der Waals surface area contributed by atoms with E-state index in [9.17, 15) is 4.79 Å².